The van der Waals surface area contributed by atoms with Gasteiger partial charge in [0.15, 0.2) is 0 Å². The number of hydrogen-bond acceptors (Lipinski definition) is 6. The van der Waals surface area contributed by atoms with E-state index in [9.17, 15) is 20.0 Å². The average Bonchev–Trinajstić information content (AvgIpc) is 3.07. The van der Waals surface area contributed by atoms with Crippen LogP contribution in [-0.2, 0) is 28.9 Å². The van der Waals surface area contributed by atoms with E-state index in [1.165, 1.54) is 17.6 Å². The Morgan fingerprint density at radius 1 is 1.31 bits per heavy atom. The number of anilines is 1. The summed E-state index contributed by atoms with van der Waals surface area (Å²) in [6.07, 6.45) is 7.20. The van der Waals surface area contributed by atoms with Crippen LogP contribution in [0.25, 0.3) is 0 Å². The molecule has 1 heterocycles. The highest BCUT2D eigenvalue weighted by molar-refractivity contribution is 7.16. The van der Waals surface area contributed by atoms with E-state index < -0.39 is 11.8 Å². The summed E-state index contributed by atoms with van der Waals surface area (Å²) in [5.41, 5.74) is 4.64. The quantitative estimate of drug-likeness (QED) is 0.305. The molecule has 1 aromatic carbocycles. The van der Waals surface area contributed by atoms with E-state index in [-0.39, 0.29) is 5.75 Å². The summed E-state index contributed by atoms with van der Waals surface area (Å²) in [5.74, 6) is -1.82. The number of hydrazone groups is 1. The summed E-state index contributed by atoms with van der Waals surface area (Å²) in [7, 11) is 0. The topological polar surface area (TPSA) is 115 Å². The third-order valence-corrected chi connectivity index (χ3v) is 5.81. The highest BCUT2D eigenvalue weighted by Gasteiger charge is 2.23. The summed E-state index contributed by atoms with van der Waals surface area (Å²) >= 11 is 1.35. The largest absolute Gasteiger partial charge is 0.507 e. The molecule has 0 saturated heterocycles. The van der Waals surface area contributed by atoms with E-state index in [2.05, 4.69) is 28.5 Å². The number of hydrogen-bond donors (Lipinski definition) is 3. The van der Waals surface area contributed by atoms with E-state index >= 15 is 0 Å². The van der Waals surface area contributed by atoms with Crippen LogP contribution in [-0.4, -0.2) is 23.1 Å². The number of amides is 2. The molecule has 7 nitrogen and oxygen atoms in total. The molecule has 2 amide bonds. The van der Waals surface area contributed by atoms with Crippen LogP contribution < -0.4 is 10.7 Å². The Hall–Kier alpha value is -3.44. The number of nitrogens with zero attached hydrogens (tertiary/aromatic N) is 2. The van der Waals surface area contributed by atoms with Gasteiger partial charge in [0.25, 0.3) is 0 Å². The molecule has 2 aromatic rings. The Kier molecular flexibility index (Phi) is 6.42. The lowest BCUT2D eigenvalue weighted by atomic mass is 9.96. The van der Waals surface area contributed by atoms with Crippen LogP contribution in [0.1, 0.15) is 40.0 Å². The van der Waals surface area contributed by atoms with Crippen molar-refractivity contribution in [2.45, 2.75) is 32.1 Å². The zero-order valence-corrected chi connectivity index (χ0v) is 16.5. The van der Waals surface area contributed by atoms with Crippen LogP contribution in [0.15, 0.2) is 36.0 Å². The molecule has 0 bridgehead atoms. The zero-order chi connectivity index (χ0) is 20.8. The predicted octanol–water partition coefficient (Wildman–Crippen LogP) is 3.02. The number of nitrogens with one attached hydrogen (secondary N) is 2. The second-order valence-electron chi connectivity index (χ2n) is 6.53. The number of carbonyl (C=O) groups excluding carboxylic acids is 2. The molecule has 0 atom stereocenters. The molecule has 29 heavy (non-hydrogen) atoms. The molecule has 0 radical (unpaired) electrons. The number of carbonyl (C=O) groups is 2. The van der Waals surface area contributed by atoms with Crippen LogP contribution in [0, 0.1) is 11.3 Å². The summed E-state index contributed by atoms with van der Waals surface area (Å²) in [5, 5.41) is 26.2. The van der Waals surface area contributed by atoms with Gasteiger partial charge in [-0.15, -0.1) is 17.9 Å². The lowest BCUT2D eigenvalue weighted by Gasteiger charge is -2.09. The maximum absolute atomic E-state index is 12.2. The van der Waals surface area contributed by atoms with E-state index in [1.807, 2.05) is 0 Å². The number of aromatic hydroxyl groups is 1. The molecule has 0 spiro atoms. The second-order valence-corrected chi connectivity index (χ2v) is 7.63. The molecule has 8 heteroatoms. The van der Waals surface area contributed by atoms with Gasteiger partial charge in [0.2, 0.25) is 0 Å². The minimum absolute atomic E-state index is 0.0395. The molecular weight excluding hydrogens is 388 g/mol. The normalized spacial score (nSPS) is 12.8. The minimum atomic E-state index is -0.960. The van der Waals surface area contributed by atoms with Crippen LogP contribution in [0.5, 0.6) is 5.75 Å². The molecular formula is C21H20N4O3S. The first-order chi connectivity index (χ1) is 14.0. The number of benzene rings is 1. The number of thiophene rings is 1. The molecule has 1 aliphatic carbocycles. The number of allylic oxidation sites excluding steroid dienone is 1. The van der Waals surface area contributed by atoms with Crippen LogP contribution >= 0.6 is 11.3 Å². The number of aryl methyl sites for hydroxylation is 1. The third kappa shape index (κ3) is 4.52. The number of nitriles is 1. The van der Waals surface area contributed by atoms with Crippen molar-refractivity contribution in [1.82, 2.24) is 5.43 Å². The monoisotopic (exact) mass is 408 g/mol. The molecule has 0 unspecified atom stereocenters. The van der Waals surface area contributed by atoms with Gasteiger partial charge in [-0.1, -0.05) is 18.2 Å². The number of rotatable bonds is 5. The summed E-state index contributed by atoms with van der Waals surface area (Å²) in [6, 6.07) is 7.27. The smallest absolute Gasteiger partial charge is 0.329 e. The van der Waals surface area contributed by atoms with Gasteiger partial charge in [-0.25, -0.2) is 5.43 Å². The molecule has 3 N–H and O–H groups in total. The Balaban J connectivity index is 1.65. The first-order valence-corrected chi connectivity index (χ1v) is 9.97. The minimum Gasteiger partial charge on any atom is -0.507 e. The fraction of sp³-hybridized carbons (Fsp3) is 0.238. The zero-order valence-electron chi connectivity index (χ0n) is 15.7. The van der Waals surface area contributed by atoms with Gasteiger partial charge in [-0.2, -0.15) is 10.4 Å². The first-order valence-electron chi connectivity index (χ1n) is 9.16. The van der Waals surface area contributed by atoms with E-state index in [0.717, 1.165) is 36.1 Å². The van der Waals surface area contributed by atoms with E-state index in [0.29, 0.717) is 28.1 Å². The first kappa shape index (κ1) is 20.3. The van der Waals surface area contributed by atoms with Crippen molar-refractivity contribution >= 4 is 34.4 Å². The molecule has 0 aliphatic heterocycles. The number of fused-ring (bicyclic) bond motifs is 1. The van der Waals surface area contributed by atoms with Gasteiger partial charge < -0.3 is 10.4 Å². The van der Waals surface area contributed by atoms with E-state index in [4.69, 9.17) is 0 Å². The molecule has 0 saturated carbocycles. The summed E-state index contributed by atoms with van der Waals surface area (Å²) < 4.78 is 0. The van der Waals surface area contributed by atoms with Gasteiger partial charge in [0, 0.05) is 10.4 Å². The predicted molar refractivity (Wildman–Crippen MR) is 112 cm³/mol. The summed E-state index contributed by atoms with van der Waals surface area (Å²) in [6.45, 7) is 3.63. The summed E-state index contributed by atoms with van der Waals surface area (Å²) in [4.78, 5) is 25.3. The molecule has 3 rings (SSSR count). The molecule has 1 aliphatic rings. The van der Waals surface area contributed by atoms with Crippen molar-refractivity contribution in [2.24, 2.45) is 5.10 Å². The van der Waals surface area contributed by atoms with Crippen molar-refractivity contribution in [3.05, 3.63) is 58.0 Å². The standard InChI is InChI=1S/C21H20N4O3S/c1-2-6-13-7-5-8-14(18(13)26)12-23-25-20(28)19(27)24-21-16(11-22)15-9-3-4-10-17(15)29-21/h2,5,7-8,12,26H,1,3-4,6,9-10H2,(H,24,27)(H,25,28). The van der Waals surface area contributed by atoms with Gasteiger partial charge in [0.05, 0.1) is 11.8 Å². The number of phenols is 1. The fourth-order valence-corrected chi connectivity index (χ4v) is 4.41. The lowest BCUT2D eigenvalue weighted by Crippen LogP contribution is -2.32. The molecule has 148 valence electrons. The van der Waals surface area contributed by atoms with Crippen molar-refractivity contribution < 1.29 is 14.7 Å². The SMILES string of the molecule is C=CCc1cccc(C=NNC(=O)C(=O)Nc2sc3c(c2C#N)CCCC3)c1O. The van der Waals surface area contributed by atoms with Crippen LogP contribution in [0.2, 0.25) is 0 Å². The number of para-hydroxylation sites is 1. The van der Waals surface area contributed by atoms with Crippen LogP contribution in [0.3, 0.4) is 0 Å². The highest BCUT2D eigenvalue weighted by atomic mass is 32.1. The Morgan fingerprint density at radius 3 is 2.86 bits per heavy atom. The Bertz CT molecular complexity index is 1030. The maximum Gasteiger partial charge on any atom is 0.329 e. The third-order valence-electron chi connectivity index (χ3n) is 4.60. The van der Waals surface area contributed by atoms with Crippen molar-refractivity contribution in [3.8, 4) is 11.8 Å². The highest BCUT2D eigenvalue weighted by Crippen LogP contribution is 2.37. The molecule has 0 fully saturated rings. The van der Waals surface area contributed by atoms with E-state index in [1.54, 1.807) is 24.3 Å². The Morgan fingerprint density at radius 2 is 2.10 bits per heavy atom. The number of phenolic OH excluding ortho intramolecular Hbond substituents is 1. The lowest BCUT2D eigenvalue weighted by molar-refractivity contribution is -0.136. The van der Waals surface area contributed by atoms with Crippen molar-refractivity contribution in [2.75, 3.05) is 5.32 Å². The molecule has 1 aromatic heterocycles. The van der Waals surface area contributed by atoms with Gasteiger partial charge in [-0.05, 0) is 49.3 Å². The maximum atomic E-state index is 12.2. The second kappa shape index (κ2) is 9.17. The Labute approximate surface area is 172 Å². The van der Waals surface area contributed by atoms with Gasteiger partial charge >= 0.3 is 11.8 Å². The van der Waals surface area contributed by atoms with Gasteiger partial charge in [0.1, 0.15) is 16.8 Å². The van der Waals surface area contributed by atoms with Gasteiger partial charge in [-0.3, -0.25) is 9.59 Å². The van der Waals surface area contributed by atoms with Crippen molar-refractivity contribution in [3.63, 3.8) is 0 Å². The van der Waals surface area contributed by atoms with Crippen molar-refractivity contribution in [1.29, 1.82) is 5.26 Å². The fourth-order valence-electron chi connectivity index (χ4n) is 3.18. The average molecular weight is 408 g/mol. The van der Waals surface area contributed by atoms with Crippen LogP contribution in [0.4, 0.5) is 5.00 Å².